The third kappa shape index (κ3) is 52.7. The van der Waals surface area contributed by atoms with Gasteiger partial charge in [-0.2, -0.15) is 0 Å². The molecule has 1 radical (unpaired) electrons. The number of aliphatic carboxylic acids is 2. The van der Waals surface area contributed by atoms with E-state index in [1.807, 2.05) is 0 Å². The van der Waals surface area contributed by atoms with Crippen LogP contribution in [0.4, 0.5) is 0 Å². The minimum atomic E-state index is -0.903. The number of carbonyl (C=O) groups excluding carboxylic acids is 2. The van der Waals surface area contributed by atoms with Gasteiger partial charge in [-0.05, 0) is 25.7 Å². The number of hydrogen-bond acceptors (Lipinski definition) is 4. The quantitative estimate of drug-likeness (QED) is 0.0520. The minimum absolute atomic E-state index is 0. The Morgan fingerprint density at radius 2 is 0.476 bits per heavy atom. The Kier molecular flexibility index (Phi) is 53.0. The number of hydrogen-bond donors (Lipinski definition) is 0. The van der Waals surface area contributed by atoms with Gasteiger partial charge in [-0.15, -0.1) is 0 Å². The monoisotopic (exact) mass is 689 g/mol. The van der Waals surface area contributed by atoms with Crippen LogP contribution in [0.25, 0.3) is 0 Å². The van der Waals surface area contributed by atoms with Crippen molar-refractivity contribution in [3.8, 4) is 0 Å². The topological polar surface area (TPSA) is 80.3 Å². The van der Waals surface area contributed by atoms with E-state index in [1.54, 1.807) is 0 Å². The normalized spacial score (nSPS) is 10.3. The molecule has 247 valence electrons. The van der Waals surface area contributed by atoms with Gasteiger partial charge in [0, 0.05) is 11.9 Å². The molecule has 0 fully saturated rings. The SMILES string of the molecule is CCCCCCCCCCCCCCCCCC(=O)[O-].CCCCCCCCCCCCCCCCCC(=O)[O-].[Co+2].[Zn+2]. The van der Waals surface area contributed by atoms with Crippen molar-refractivity contribution >= 4 is 11.9 Å². The van der Waals surface area contributed by atoms with Gasteiger partial charge in [-0.3, -0.25) is 0 Å². The fourth-order valence-corrected chi connectivity index (χ4v) is 5.28. The molecule has 0 bridgehead atoms. The first kappa shape index (κ1) is 49.0. The number of carboxylic acids is 2. The minimum Gasteiger partial charge on any atom is -0.550 e. The van der Waals surface area contributed by atoms with Crippen molar-refractivity contribution in [2.45, 2.75) is 219 Å². The molecule has 0 aliphatic rings. The Morgan fingerprint density at radius 3 is 0.619 bits per heavy atom. The Hall–Kier alpha value is 0.0699. The van der Waals surface area contributed by atoms with Gasteiger partial charge >= 0.3 is 36.3 Å². The molecular weight excluding hydrogens is 621 g/mol. The van der Waals surface area contributed by atoms with Crippen LogP contribution in [-0.2, 0) is 45.8 Å². The zero-order valence-corrected chi connectivity index (χ0v) is 32.3. The third-order valence-corrected chi connectivity index (χ3v) is 7.97. The van der Waals surface area contributed by atoms with Crippen molar-refractivity contribution in [3.05, 3.63) is 0 Å². The molecule has 4 nitrogen and oxygen atoms in total. The Balaban J connectivity index is -0.000000328. The first-order valence-corrected chi connectivity index (χ1v) is 17.9. The average Bonchev–Trinajstić information content (AvgIpc) is 2.93. The predicted molar refractivity (Wildman–Crippen MR) is 169 cm³/mol. The van der Waals surface area contributed by atoms with Gasteiger partial charge in [0.25, 0.3) is 0 Å². The standard InChI is InChI=1S/2C18H36O2.Co.Zn/c2*1-2-3-4-5-6-7-8-9-10-11-12-13-14-15-16-17-18(19)20;;/h2*2-17H2,1H3,(H,19,20);;/q;;2*+2/p-2. The fraction of sp³-hybridized carbons (Fsp3) is 0.944. The maximum Gasteiger partial charge on any atom is 2.00 e. The summed E-state index contributed by atoms with van der Waals surface area (Å²) in [4.78, 5) is 20.4. The summed E-state index contributed by atoms with van der Waals surface area (Å²) in [7, 11) is 0. The summed E-state index contributed by atoms with van der Waals surface area (Å²) in [5.41, 5.74) is 0. The van der Waals surface area contributed by atoms with E-state index in [2.05, 4.69) is 13.8 Å². The molecule has 0 aliphatic carbocycles. The second-order valence-electron chi connectivity index (χ2n) is 12.1. The van der Waals surface area contributed by atoms with Gasteiger partial charge < -0.3 is 19.8 Å². The molecule has 42 heavy (non-hydrogen) atoms. The zero-order chi connectivity index (χ0) is 29.8. The molecule has 0 spiro atoms. The summed E-state index contributed by atoms with van der Waals surface area (Å²) < 4.78 is 0. The van der Waals surface area contributed by atoms with E-state index in [0.29, 0.717) is 0 Å². The van der Waals surface area contributed by atoms with Crippen LogP contribution in [0.15, 0.2) is 0 Å². The van der Waals surface area contributed by atoms with Crippen molar-refractivity contribution in [2.75, 3.05) is 0 Å². The predicted octanol–water partition coefficient (Wildman–Crippen LogP) is 9.99. The van der Waals surface area contributed by atoms with Crippen LogP contribution < -0.4 is 10.2 Å². The average molecular weight is 691 g/mol. The van der Waals surface area contributed by atoms with Crippen LogP contribution in [0.5, 0.6) is 0 Å². The van der Waals surface area contributed by atoms with Crippen molar-refractivity contribution in [3.63, 3.8) is 0 Å². The number of unbranched alkanes of at least 4 members (excludes halogenated alkanes) is 28. The molecule has 0 unspecified atom stereocenters. The van der Waals surface area contributed by atoms with Gasteiger partial charge in [0.2, 0.25) is 0 Å². The van der Waals surface area contributed by atoms with Crippen LogP contribution >= 0.6 is 0 Å². The van der Waals surface area contributed by atoms with Crippen molar-refractivity contribution in [1.29, 1.82) is 0 Å². The molecule has 0 rings (SSSR count). The molecule has 0 saturated carbocycles. The molecule has 6 heteroatoms. The van der Waals surface area contributed by atoms with Crippen LogP contribution in [0.1, 0.15) is 219 Å². The summed E-state index contributed by atoms with van der Waals surface area (Å²) >= 11 is 0. The van der Waals surface area contributed by atoms with Crippen LogP contribution in [-0.4, -0.2) is 11.9 Å². The van der Waals surface area contributed by atoms with Crippen LogP contribution in [0.2, 0.25) is 0 Å². The molecule has 0 aromatic rings. The first-order valence-electron chi connectivity index (χ1n) is 17.9. The number of rotatable bonds is 32. The maximum absolute atomic E-state index is 10.2. The number of carbonyl (C=O) groups is 2. The van der Waals surface area contributed by atoms with Gasteiger partial charge in [0.1, 0.15) is 0 Å². The van der Waals surface area contributed by atoms with E-state index in [9.17, 15) is 19.8 Å². The first-order chi connectivity index (χ1) is 19.5. The molecule has 0 aromatic heterocycles. The van der Waals surface area contributed by atoms with E-state index in [0.717, 1.165) is 25.7 Å². The summed E-state index contributed by atoms with van der Waals surface area (Å²) in [5.74, 6) is -1.81. The van der Waals surface area contributed by atoms with Crippen molar-refractivity contribution < 1.29 is 56.1 Å². The third-order valence-electron chi connectivity index (χ3n) is 7.97. The number of carboxylic acid groups (broad SMARTS) is 2. The van der Waals surface area contributed by atoms with E-state index >= 15 is 0 Å². The largest absolute Gasteiger partial charge is 2.00 e. The van der Waals surface area contributed by atoms with E-state index in [-0.39, 0.29) is 49.1 Å². The Labute approximate surface area is 286 Å². The van der Waals surface area contributed by atoms with Crippen molar-refractivity contribution in [1.82, 2.24) is 0 Å². The molecule has 0 atom stereocenters. The maximum atomic E-state index is 10.2. The molecule has 0 saturated heterocycles. The molecule has 0 N–H and O–H groups in total. The summed E-state index contributed by atoms with van der Waals surface area (Å²) in [6.07, 6.45) is 39.7. The zero-order valence-electron chi connectivity index (χ0n) is 28.3. The molecule has 0 aromatic carbocycles. The van der Waals surface area contributed by atoms with Crippen LogP contribution in [0.3, 0.4) is 0 Å². The van der Waals surface area contributed by atoms with E-state index in [4.69, 9.17) is 0 Å². The second kappa shape index (κ2) is 45.5. The Bertz CT molecular complexity index is 461. The second-order valence-corrected chi connectivity index (χ2v) is 12.1. The van der Waals surface area contributed by atoms with Crippen LogP contribution in [0, 0.1) is 0 Å². The van der Waals surface area contributed by atoms with Gasteiger partial charge in [0.15, 0.2) is 0 Å². The fourth-order valence-electron chi connectivity index (χ4n) is 5.28. The molecule has 0 amide bonds. The van der Waals surface area contributed by atoms with Gasteiger partial charge in [0.05, 0.1) is 0 Å². The van der Waals surface area contributed by atoms with Gasteiger partial charge in [-0.1, -0.05) is 194 Å². The van der Waals surface area contributed by atoms with E-state index < -0.39 is 11.9 Å². The molecular formula is C36H70CoO4Zn+2. The Morgan fingerprint density at radius 1 is 0.333 bits per heavy atom. The summed E-state index contributed by atoms with van der Waals surface area (Å²) in [6.45, 7) is 4.53. The van der Waals surface area contributed by atoms with E-state index in [1.165, 1.54) is 167 Å². The summed E-state index contributed by atoms with van der Waals surface area (Å²) in [5, 5.41) is 20.4. The van der Waals surface area contributed by atoms with Gasteiger partial charge in [-0.25, -0.2) is 0 Å². The molecule has 0 aliphatic heterocycles. The van der Waals surface area contributed by atoms with Crippen molar-refractivity contribution in [2.24, 2.45) is 0 Å². The summed E-state index contributed by atoms with van der Waals surface area (Å²) in [6, 6.07) is 0. The molecule has 0 heterocycles. The smallest absolute Gasteiger partial charge is 0.550 e.